The topological polar surface area (TPSA) is 154 Å². The summed E-state index contributed by atoms with van der Waals surface area (Å²) in [4.78, 5) is 22.0. The molecule has 2 unspecified atom stereocenters. The number of aromatic nitrogens is 3. The number of nitrogens with zero attached hydrogens (tertiary/aromatic N) is 4. The van der Waals surface area contributed by atoms with Crippen LogP contribution in [0.1, 0.15) is 49.7 Å². The van der Waals surface area contributed by atoms with Gasteiger partial charge in [-0.05, 0) is 68.5 Å². The molecule has 2 aromatic carbocycles. The normalized spacial score (nSPS) is 17.0. The number of hydrogen-bond acceptors (Lipinski definition) is 8. The second-order valence-electron chi connectivity index (χ2n) is 13.0. The van der Waals surface area contributed by atoms with Crippen LogP contribution < -0.4 is 15.8 Å². The predicted molar refractivity (Wildman–Crippen MR) is 194 cm³/mol. The number of benzene rings is 2. The zero-order valence-electron chi connectivity index (χ0n) is 29.2. The summed E-state index contributed by atoms with van der Waals surface area (Å²) in [6, 6.07) is 7.79. The molecule has 2 aromatic heterocycles. The lowest BCUT2D eigenvalue weighted by Crippen LogP contribution is -2.34. The SMILES string of the molecule is Cn1nc(N[S+](C)[O-])c2c(Cl)ccc(-c3ccc(C#CC(C)(C)O)nc3C(Cc3cc(F)cc(F)c3)NC(=O)CN=C3C(=C(N)C(F)F)CCC3(F)F)c21. The lowest BCUT2D eigenvalue weighted by molar-refractivity contribution is -0.120. The third kappa shape index (κ3) is 9.30. The molecular weight excluding hydrogens is 760 g/mol. The first-order valence-electron chi connectivity index (χ1n) is 16.2. The Labute approximate surface area is 314 Å². The second-order valence-corrected chi connectivity index (χ2v) is 14.5. The number of allylic oxidation sites excluding steroid dienone is 2. The molecule has 0 saturated heterocycles. The Morgan fingerprint density at radius 3 is 2.48 bits per heavy atom. The maximum Gasteiger partial charge on any atom is 0.289 e. The van der Waals surface area contributed by atoms with Crippen molar-refractivity contribution in [1.82, 2.24) is 20.1 Å². The highest BCUT2D eigenvalue weighted by molar-refractivity contribution is 7.92. The van der Waals surface area contributed by atoms with Crippen molar-refractivity contribution < 1.29 is 40.8 Å². The molecule has 1 aliphatic rings. The number of nitrogens with two attached hydrogens (primary N) is 1. The number of nitrogens with one attached hydrogen (secondary N) is 2. The summed E-state index contributed by atoms with van der Waals surface area (Å²) in [5.41, 5.74) is 2.81. The summed E-state index contributed by atoms with van der Waals surface area (Å²) in [6.07, 6.45) is -3.43. The van der Waals surface area contributed by atoms with E-state index in [1.165, 1.54) is 30.9 Å². The lowest BCUT2D eigenvalue weighted by Gasteiger charge is -2.22. The monoisotopic (exact) mass is 793 g/mol. The minimum atomic E-state index is -3.63. The molecule has 0 radical (unpaired) electrons. The summed E-state index contributed by atoms with van der Waals surface area (Å²) in [6.45, 7) is 1.94. The standard InChI is InChI=1S/C36H34ClF6N7O3S/c1-35(2,52)11-9-21-5-6-22(23-7-8-25(37)28-31(23)50(3)48-34(28)49-54(4)53)30(46-21)26(15-18-13-19(38)16-20(39)14-18)47-27(51)17-45-32-24(29(44)33(40)41)10-12-36(32,42)43/h5-8,13-14,16,26,33,52H,10,12,15,17,44H2,1-4H3,(H,47,51)(H,48,49). The van der Waals surface area contributed by atoms with E-state index in [0.717, 1.165) is 12.1 Å². The van der Waals surface area contributed by atoms with Crippen LogP contribution in [0, 0.1) is 23.5 Å². The van der Waals surface area contributed by atoms with Crippen LogP contribution in [0.5, 0.6) is 0 Å². The van der Waals surface area contributed by atoms with Crippen molar-refractivity contribution in [1.29, 1.82) is 0 Å². The van der Waals surface area contributed by atoms with Gasteiger partial charge in [0.25, 0.3) is 12.3 Å². The first-order valence-corrected chi connectivity index (χ1v) is 18.1. The highest BCUT2D eigenvalue weighted by atomic mass is 35.5. The Kier molecular flexibility index (Phi) is 11.9. The van der Waals surface area contributed by atoms with Crippen LogP contribution in [0.15, 0.2) is 58.7 Å². The van der Waals surface area contributed by atoms with Crippen LogP contribution in [0.3, 0.4) is 0 Å². The minimum Gasteiger partial charge on any atom is -0.593 e. The number of carbonyl (C=O) groups is 1. The van der Waals surface area contributed by atoms with Gasteiger partial charge < -0.3 is 20.7 Å². The molecule has 1 fully saturated rings. The van der Waals surface area contributed by atoms with Crippen molar-refractivity contribution in [3.63, 3.8) is 0 Å². The van der Waals surface area contributed by atoms with Gasteiger partial charge in [-0.15, -0.1) is 0 Å². The van der Waals surface area contributed by atoms with Gasteiger partial charge in [0.15, 0.2) is 0 Å². The highest BCUT2D eigenvalue weighted by Crippen LogP contribution is 2.40. The van der Waals surface area contributed by atoms with Crippen LogP contribution in [0.2, 0.25) is 5.02 Å². The van der Waals surface area contributed by atoms with E-state index in [-0.39, 0.29) is 34.2 Å². The van der Waals surface area contributed by atoms with Crippen molar-refractivity contribution in [3.8, 4) is 23.0 Å². The summed E-state index contributed by atoms with van der Waals surface area (Å²) in [7, 11) is 1.61. The molecule has 0 bridgehead atoms. The van der Waals surface area contributed by atoms with Gasteiger partial charge in [-0.25, -0.2) is 22.5 Å². The molecule has 286 valence electrons. The lowest BCUT2D eigenvalue weighted by atomic mass is 9.93. The fraction of sp³-hybridized carbons (Fsp3) is 0.333. The van der Waals surface area contributed by atoms with Gasteiger partial charge in [0, 0.05) is 36.2 Å². The third-order valence-corrected chi connectivity index (χ3v) is 9.00. The molecule has 5 rings (SSSR count). The summed E-state index contributed by atoms with van der Waals surface area (Å²) < 4.78 is 102. The number of aliphatic imine (C=N–C) groups is 1. The molecule has 1 aliphatic carbocycles. The van der Waals surface area contributed by atoms with E-state index >= 15 is 0 Å². The largest absolute Gasteiger partial charge is 0.593 e. The number of aliphatic hydroxyl groups is 1. The number of rotatable bonds is 10. The maximum absolute atomic E-state index is 14.8. The molecule has 18 heteroatoms. The Morgan fingerprint density at radius 2 is 1.85 bits per heavy atom. The van der Waals surface area contributed by atoms with Gasteiger partial charge in [0.05, 0.1) is 44.7 Å². The predicted octanol–water partition coefficient (Wildman–Crippen LogP) is 6.14. The molecule has 4 aromatic rings. The molecule has 54 heavy (non-hydrogen) atoms. The number of halogens is 7. The van der Waals surface area contributed by atoms with E-state index in [0.29, 0.717) is 28.1 Å². The van der Waals surface area contributed by atoms with Crippen LogP contribution >= 0.6 is 11.6 Å². The van der Waals surface area contributed by atoms with Gasteiger partial charge in [-0.2, -0.15) is 18.6 Å². The van der Waals surface area contributed by atoms with E-state index in [9.17, 15) is 40.8 Å². The summed E-state index contributed by atoms with van der Waals surface area (Å²) in [5.74, 6) is -0.818. The van der Waals surface area contributed by atoms with Gasteiger partial charge >= 0.3 is 0 Å². The Bertz CT molecular complexity index is 2210. The number of anilines is 1. The fourth-order valence-corrected chi connectivity index (χ4v) is 6.65. The number of fused-ring (bicyclic) bond motifs is 1. The van der Waals surface area contributed by atoms with E-state index < -0.39 is 89.3 Å². The Hall–Kier alpha value is -4.76. The van der Waals surface area contributed by atoms with Crippen LogP contribution in [-0.2, 0) is 29.6 Å². The molecule has 5 N–H and O–H groups in total. The molecular formula is C36H34ClF6N7O3S. The van der Waals surface area contributed by atoms with Gasteiger partial charge in [0.2, 0.25) is 11.7 Å². The number of pyridine rings is 1. The number of hydrogen-bond donors (Lipinski definition) is 4. The van der Waals surface area contributed by atoms with Gasteiger partial charge in [0.1, 0.15) is 41.4 Å². The molecule has 1 saturated carbocycles. The van der Waals surface area contributed by atoms with Crippen LogP contribution in [0.25, 0.3) is 22.0 Å². The zero-order valence-corrected chi connectivity index (χ0v) is 30.8. The average Bonchev–Trinajstić information content (AvgIpc) is 3.55. The van der Waals surface area contributed by atoms with Crippen molar-refractivity contribution in [2.75, 3.05) is 17.5 Å². The molecule has 2 atom stereocenters. The minimum absolute atomic E-state index is 0.0702. The first kappa shape index (κ1) is 40.4. The molecule has 10 nitrogen and oxygen atoms in total. The van der Waals surface area contributed by atoms with E-state index in [1.54, 1.807) is 25.2 Å². The molecule has 1 amide bonds. The summed E-state index contributed by atoms with van der Waals surface area (Å²) in [5, 5.41) is 18.0. The van der Waals surface area contributed by atoms with Gasteiger partial charge in [-0.1, -0.05) is 23.6 Å². The second kappa shape index (κ2) is 15.9. The Morgan fingerprint density at radius 1 is 1.19 bits per heavy atom. The smallest absolute Gasteiger partial charge is 0.289 e. The number of aryl methyl sites for hydroxylation is 1. The van der Waals surface area contributed by atoms with Crippen molar-refractivity contribution >= 4 is 51.3 Å². The van der Waals surface area contributed by atoms with Crippen molar-refractivity contribution in [2.45, 2.75) is 57.1 Å². The van der Waals surface area contributed by atoms with Crippen LogP contribution in [0.4, 0.5) is 32.2 Å². The average molecular weight is 794 g/mol. The van der Waals surface area contributed by atoms with E-state index in [1.807, 2.05) is 0 Å². The fourth-order valence-electron chi connectivity index (χ4n) is 5.99. The quantitative estimate of drug-likeness (QED) is 0.0855. The molecule has 0 aliphatic heterocycles. The van der Waals surface area contributed by atoms with Crippen molar-refractivity contribution in [2.24, 2.45) is 17.8 Å². The van der Waals surface area contributed by atoms with Crippen molar-refractivity contribution in [3.05, 3.63) is 87.3 Å². The number of alkyl halides is 4. The number of amides is 1. The highest BCUT2D eigenvalue weighted by Gasteiger charge is 2.45. The van der Waals surface area contributed by atoms with E-state index in [4.69, 9.17) is 22.3 Å². The maximum atomic E-state index is 14.8. The third-order valence-electron chi connectivity index (χ3n) is 8.20. The first-order chi connectivity index (χ1) is 25.2. The van der Waals surface area contributed by atoms with Gasteiger partial charge in [-0.3, -0.25) is 14.5 Å². The summed E-state index contributed by atoms with van der Waals surface area (Å²) >= 11 is 5.06. The zero-order chi connectivity index (χ0) is 39.7. The number of carbonyl (C=O) groups excluding carboxylic acids is 1. The molecule has 2 heterocycles. The molecule has 0 spiro atoms. The Balaban J connectivity index is 1.69. The van der Waals surface area contributed by atoms with E-state index in [2.05, 4.69) is 32.0 Å². The van der Waals surface area contributed by atoms with Crippen LogP contribution in [-0.4, -0.2) is 66.8 Å².